The zero-order chi connectivity index (χ0) is 16.7. The standard InChI is InChI=1S/C17H15N3OS3/c1-9-10(2)24-17-14(9)16(18-11(3)19-17)23-8-12-7-22-15(20-12)13-5-4-6-21-13/h4-7H,8H2,1-3H3. The van der Waals surface area contributed by atoms with Crippen molar-refractivity contribution in [3.05, 3.63) is 45.7 Å². The Morgan fingerprint density at radius 2 is 2.04 bits per heavy atom. The largest absolute Gasteiger partial charge is 0.462 e. The molecule has 0 radical (unpaired) electrons. The molecule has 0 saturated heterocycles. The lowest BCUT2D eigenvalue weighted by Crippen LogP contribution is -1.92. The van der Waals surface area contributed by atoms with Crippen LogP contribution in [0.5, 0.6) is 0 Å². The van der Waals surface area contributed by atoms with E-state index in [2.05, 4.69) is 34.2 Å². The molecular formula is C17H15N3OS3. The molecule has 0 fully saturated rings. The van der Waals surface area contributed by atoms with Crippen molar-refractivity contribution in [3.8, 4) is 10.8 Å². The van der Waals surface area contributed by atoms with E-state index in [1.807, 2.05) is 19.1 Å². The van der Waals surface area contributed by atoms with E-state index in [-0.39, 0.29) is 0 Å². The van der Waals surface area contributed by atoms with E-state index in [9.17, 15) is 0 Å². The summed E-state index contributed by atoms with van der Waals surface area (Å²) in [7, 11) is 0. The molecule has 0 aliphatic heterocycles. The van der Waals surface area contributed by atoms with Crippen LogP contribution in [-0.2, 0) is 5.75 Å². The zero-order valence-electron chi connectivity index (χ0n) is 13.5. The Bertz CT molecular complexity index is 1000. The van der Waals surface area contributed by atoms with Gasteiger partial charge in [-0.1, -0.05) is 11.8 Å². The summed E-state index contributed by atoms with van der Waals surface area (Å²) in [5.41, 5.74) is 2.33. The van der Waals surface area contributed by atoms with E-state index < -0.39 is 0 Å². The predicted octanol–water partition coefficient (Wildman–Crippen LogP) is 5.63. The maximum atomic E-state index is 5.41. The Hall–Kier alpha value is -1.70. The van der Waals surface area contributed by atoms with Crippen molar-refractivity contribution in [2.45, 2.75) is 31.6 Å². The average Bonchev–Trinajstić information content (AvgIpc) is 3.26. The Labute approximate surface area is 152 Å². The number of furan rings is 1. The van der Waals surface area contributed by atoms with Gasteiger partial charge in [-0.3, -0.25) is 0 Å². The summed E-state index contributed by atoms with van der Waals surface area (Å²) < 4.78 is 5.41. The first-order valence-corrected chi connectivity index (χ1v) is 10.2. The van der Waals surface area contributed by atoms with Gasteiger partial charge in [-0.2, -0.15) is 0 Å². The van der Waals surface area contributed by atoms with Crippen molar-refractivity contribution >= 4 is 44.7 Å². The summed E-state index contributed by atoms with van der Waals surface area (Å²) in [6.45, 7) is 6.24. The van der Waals surface area contributed by atoms with Crippen LogP contribution >= 0.6 is 34.4 Å². The second-order valence-electron chi connectivity index (χ2n) is 5.45. The highest BCUT2D eigenvalue weighted by molar-refractivity contribution is 7.98. The van der Waals surface area contributed by atoms with Gasteiger partial charge in [-0.15, -0.1) is 22.7 Å². The van der Waals surface area contributed by atoms with E-state index in [0.717, 1.165) is 37.9 Å². The number of thioether (sulfide) groups is 1. The summed E-state index contributed by atoms with van der Waals surface area (Å²) in [6.07, 6.45) is 1.67. The van der Waals surface area contributed by atoms with Gasteiger partial charge in [0.15, 0.2) is 10.8 Å². The number of fused-ring (bicyclic) bond motifs is 1. The molecule has 7 heteroatoms. The van der Waals surface area contributed by atoms with Crippen LogP contribution in [0.1, 0.15) is 22.0 Å². The monoisotopic (exact) mass is 373 g/mol. The van der Waals surface area contributed by atoms with Crippen LogP contribution in [0.4, 0.5) is 0 Å². The minimum absolute atomic E-state index is 0.789. The number of thiazole rings is 1. The van der Waals surface area contributed by atoms with Crippen LogP contribution in [0.25, 0.3) is 21.0 Å². The van der Waals surface area contributed by atoms with Gasteiger partial charge in [0, 0.05) is 21.4 Å². The molecular weight excluding hydrogens is 358 g/mol. The summed E-state index contributed by atoms with van der Waals surface area (Å²) in [6, 6.07) is 3.82. The highest BCUT2D eigenvalue weighted by Crippen LogP contribution is 2.36. The van der Waals surface area contributed by atoms with Crippen molar-refractivity contribution in [1.82, 2.24) is 15.0 Å². The van der Waals surface area contributed by atoms with Gasteiger partial charge < -0.3 is 4.42 Å². The van der Waals surface area contributed by atoms with Gasteiger partial charge in [0.25, 0.3) is 0 Å². The van der Waals surface area contributed by atoms with E-state index in [4.69, 9.17) is 4.42 Å². The lowest BCUT2D eigenvalue weighted by Gasteiger charge is -2.04. The quantitative estimate of drug-likeness (QED) is 0.343. The van der Waals surface area contributed by atoms with Crippen molar-refractivity contribution < 1.29 is 4.42 Å². The Balaban J connectivity index is 1.61. The second kappa shape index (κ2) is 6.31. The van der Waals surface area contributed by atoms with Crippen LogP contribution in [0.3, 0.4) is 0 Å². The van der Waals surface area contributed by atoms with Gasteiger partial charge in [0.1, 0.15) is 15.7 Å². The third-order valence-corrected chi connectivity index (χ3v) is 6.76. The van der Waals surface area contributed by atoms with Gasteiger partial charge >= 0.3 is 0 Å². The first kappa shape index (κ1) is 15.8. The van der Waals surface area contributed by atoms with Crippen molar-refractivity contribution in [2.24, 2.45) is 0 Å². The Morgan fingerprint density at radius 1 is 1.17 bits per heavy atom. The number of aromatic nitrogens is 3. The van der Waals surface area contributed by atoms with Crippen molar-refractivity contribution in [3.63, 3.8) is 0 Å². The topological polar surface area (TPSA) is 51.8 Å². The number of thiophene rings is 1. The van der Waals surface area contributed by atoms with E-state index in [1.54, 1.807) is 40.7 Å². The second-order valence-corrected chi connectivity index (χ2v) is 8.47. The van der Waals surface area contributed by atoms with E-state index in [0.29, 0.717) is 0 Å². The number of aryl methyl sites for hydroxylation is 3. The molecule has 0 spiro atoms. The van der Waals surface area contributed by atoms with Crippen molar-refractivity contribution in [1.29, 1.82) is 0 Å². The normalized spacial score (nSPS) is 11.5. The molecule has 4 aromatic rings. The SMILES string of the molecule is Cc1nc(SCc2csc(-c3ccco3)n2)c2c(C)c(C)sc2n1. The van der Waals surface area contributed by atoms with Gasteiger partial charge in [0.05, 0.1) is 12.0 Å². The average molecular weight is 374 g/mol. The van der Waals surface area contributed by atoms with E-state index in [1.165, 1.54) is 15.8 Å². The number of rotatable bonds is 4. The fourth-order valence-corrected chi connectivity index (χ4v) is 5.50. The molecule has 0 saturated carbocycles. The molecule has 0 aliphatic carbocycles. The summed E-state index contributed by atoms with van der Waals surface area (Å²) in [4.78, 5) is 16.3. The van der Waals surface area contributed by atoms with Crippen LogP contribution in [0.2, 0.25) is 0 Å². The molecule has 0 aliphatic rings. The summed E-state index contributed by atoms with van der Waals surface area (Å²) in [5, 5.41) is 5.24. The third kappa shape index (κ3) is 2.87. The molecule has 0 aromatic carbocycles. The molecule has 24 heavy (non-hydrogen) atoms. The van der Waals surface area contributed by atoms with Crippen molar-refractivity contribution in [2.75, 3.05) is 0 Å². The Morgan fingerprint density at radius 3 is 2.83 bits per heavy atom. The summed E-state index contributed by atoms with van der Waals surface area (Å²) >= 11 is 5.07. The van der Waals surface area contributed by atoms with Gasteiger partial charge in [-0.25, -0.2) is 15.0 Å². The maximum absolute atomic E-state index is 5.41. The number of hydrogen-bond acceptors (Lipinski definition) is 7. The minimum Gasteiger partial charge on any atom is -0.462 e. The smallest absolute Gasteiger partial charge is 0.162 e. The molecule has 4 nitrogen and oxygen atoms in total. The third-order valence-electron chi connectivity index (χ3n) is 3.75. The van der Waals surface area contributed by atoms with Crippen LogP contribution in [0, 0.1) is 20.8 Å². The van der Waals surface area contributed by atoms with Crippen LogP contribution in [-0.4, -0.2) is 15.0 Å². The highest BCUT2D eigenvalue weighted by atomic mass is 32.2. The maximum Gasteiger partial charge on any atom is 0.162 e. The fourth-order valence-electron chi connectivity index (χ4n) is 2.45. The van der Waals surface area contributed by atoms with Gasteiger partial charge in [0.2, 0.25) is 0 Å². The zero-order valence-corrected chi connectivity index (χ0v) is 15.9. The lowest BCUT2D eigenvalue weighted by atomic mass is 10.2. The van der Waals surface area contributed by atoms with Gasteiger partial charge in [-0.05, 0) is 38.5 Å². The fraction of sp³-hybridized carbons (Fsp3) is 0.235. The molecule has 0 atom stereocenters. The molecule has 0 amide bonds. The first-order chi connectivity index (χ1) is 11.6. The predicted molar refractivity (Wildman–Crippen MR) is 101 cm³/mol. The molecule has 0 bridgehead atoms. The molecule has 0 N–H and O–H groups in total. The Kier molecular flexibility index (Phi) is 4.15. The summed E-state index contributed by atoms with van der Waals surface area (Å²) in [5.74, 6) is 2.43. The molecule has 4 aromatic heterocycles. The molecule has 0 unspecified atom stereocenters. The molecule has 122 valence electrons. The number of hydrogen-bond donors (Lipinski definition) is 0. The minimum atomic E-state index is 0.789. The lowest BCUT2D eigenvalue weighted by molar-refractivity contribution is 0.581. The van der Waals surface area contributed by atoms with Crippen LogP contribution < -0.4 is 0 Å². The first-order valence-electron chi connectivity index (χ1n) is 7.47. The highest BCUT2D eigenvalue weighted by Gasteiger charge is 2.15. The molecule has 4 rings (SSSR count). The van der Waals surface area contributed by atoms with E-state index >= 15 is 0 Å². The number of nitrogens with zero attached hydrogens (tertiary/aromatic N) is 3. The van der Waals surface area contributed by atoms with Crippen LogP contribution in [0.15, 0.2) is 33.2 Å². The molecule has 4 heterocycles.